The first kappa shape index (κ1) is 21.2. The highest BCUT2D eigenvalue weighted by Gasteiger charge is 2.47. The van der Waals surface area contributed by atoms with Crippen LogP contribution in [0.15, 0.2) is 30.3 Å². The standard InChI is InChI=1S/C22H28O7/c1-26-17-6-5-13(7-18(17)27-2)21-15-9-20(29-4)19(28-3)8-14(15)10-22(25,12-24)16(21)11-23/h5-9,16,21,23-25H,10-12H2,1-4H3/t16-,21-,22+/m0/s1. The quantitative estimate of drug-likeness (QED) is 0.647. The first-order chi connectivity index (χ1) is 14.0. The Morgan fingerprint density at radius 2 is 1.45 bits per heavy atom. The van der Waals surface area contributed by atoms with Crippen LogP contribution in [0.4, 0.5) is 0 Å². The van der Waals surface area contributed by atoms with E-state index in [0.717, 1.165) is 16.7 Å². The maximum atomic E-state index is 11.2. The summed E-state index contributed by atoms with van der Waals surface area (Å²) in [4.78, 5) is 0. The van der Waals surface area contributed by atoms with E-state index in [9.17, 15) is 15.3 Å². The van der Waals surface area contributed by atoms with E-state index in [-0.39, 0.29) is 13.0 Å². The van der Waals surface area contributed by atoms with E-state index in [1.54, 1.807) is 34.5 Å². The molecule has 0 unspecified atom stereocenters. The lowest BCUT2D eigenvalue weighted by atomic mass is 9.64. The highest BCUT2D eigenvalue weighted by atomic mass is 16.5. The molecule has 0 amide bonds. The molecule has 0 spiro atoms. The molecule has 0 fully saturated rings. The van der Waals surface area contributed by atoms with Gasteiger partial charge in [0, 0.05) is 24.9 Å². The topological polar surface area (TPSA) is 97.6 Å². The Kier molecular flexibility index (Phi) is 6.21. The van der Waals surface area contributed by atoms with Crippen molar-refractivity contribution >= 4 is 0 Å². The zero-order valence-corrected chi connectivity index (χ0v) is 17.1. The molecular weight excluding hydrogens is 376 g/mol. The monoisotopic (exact) mass is 404 g/mol. The molecule has 0 radical (unpaired) electrons. The molecule has 0 saturated heterocycles. The van der Waals surface area contributed by atoms with Gasteiger partial charge in [0.2, 0.25) is 0 Å². The zero-order chi connectivity index (χ0) is 21.2. The smallest absolute Gasteiger partial charge is 0.161 e. The highest BCUT2D eigenvalue weighted by Crippen LogP contribution is 2.49. The molecule has 0 heterocycles. The van der Waals surface area contributed by atoms with Crippen molar-refractivity contribution in [3.63, 3.8) is 0 Å². The van der Waals surface area contributed by atoms with Crippen LogP contribution in [0.3, 0.4) is 0 Å². The number of hydrogen-bond donors (Lipinski definition) is 3. The summed E-state index contributed by atoms with van der Waals surface area (Å²) < 4.78 is 21.7. The van der Waals surface area contributed by atoms with E-state index in [1.165, 1.54) is 0 Å². The molecule has 1 aliphatic rings. The third-order valence-corrected chi connectivity index (χ3v) is 5.81. The van der Waals surface area contributed by atoms with Crippen LogP contribution in [0.2, 0.25) is 0 Å². The Labute approximate surface area is 170 Å². The fraction of sp³-hybridized carbons (Fsp3) is 0.455. The van der Waals surface area contributed by atoms with Crippen LogP contribution >= 0.6 is 0 Å². The molecule has 1 aliphatic carbocycles. The lowest BCUT2D eigenvalue weighted by Crippen LogP contribution is -2.51. The number of fused-ring (bicyclic) bond motifs is 1. The summed E-state index contributed by atoms with van der Waals surface area (Å²) in [5, 5.41) is 31.4. The summed E-state index contributed by atoms with van der Waals surface area (Å²) in [6, 6.07) is 9.18. The van der Waals surface area contributed by atoms with Crippen molar-refractivity contribution in [3.05, 3.63) is 47.0 Å². The first-order valence-electron chi connectivity index (χ1n) is 9.37. The Hall–Kier alpha value is -2.48. The lowest BCUT2D eigenvalue weighted by molar-refractivity contribution is -0.0875. The number of aliphatic hydroxyl groups excluding tert-OH is 2. The van der Waals surface area contributed by atoms with Crippen molar-refractivity contribution < 1.29 is 34.3 Å². The van der Waals surface area contributed by atoms with Crippen molar-refractivity contribution in [3.8, 4) is 23.0 Å². The zero-order valence-electron chi connectivity index (χ0n) is 17.1. The van der Waals surface area contributed by atoms with Gasteiger partial charge < -0.3 is 34.3 Å². The average Bonchev–Trinajstić information content (AvgIpc) is 2.76. The molecule has 3 atom stereocenters. The summed E-state index contributed by atoms with van der Waals surface area (Å²) >= 11 is 0. The number of aliphatic hydroxyl groups is 3. The number of methoxy groups -OCH3 is 4. The van der Waals surface area contributed by atoms with Crippen molar-refractivity contribution in [1.29, 1.82) is 0 Å². The minimum absolute atomic E-state index is 0.189. The van der Waals surface area contributed by atoms with Gasteiger partial charge in [0.15, 0.2) is 23.0 Å². The third kappa shape index (κ3) is 3.61. The van der Waals surface area contributed by atoms with E-state index < -0.39 is 24.0 Å². The number of ether oxygens (including phenoxy) is 4. The van der Waals surface area contributed by atoms with E-state index in [4.69, 9.17) is 18.9 Å². The van der Waals surface area contributed by atoms with Gasteiger partial charge in [-0.15, -0.1) is 0 Å². The summed E-state index contributed by atoms with van der Waals surface area (Å²) in [6.45, 7) is -0.778. The second kappa shape index (κ2) is 8.49. The van der Waals surface area contributed by atoms with Crippen LogP contribution in [0.1, 0.15) is 22.6 Å². The molecular formula is C22H28O7. The molecule has 0 saturated carbocycles. The van der Waals surface area contributed by atoms with Gasteiger partial charge in [0.25, 0.3) is 0 Å². The maximum absolute atomic E-state index is 11.2. The number of benzene rings is 2. The summed E-state index contributed by atoms with van der Waals surface area (Å²) in [6.07, 6.45) is 0.189. The predicted molar refractivity (Wildman–Crippen MR) is 107 cm³/mol. The van der Waals surface area contributed by atoms with Gasteiger partial charge in [-0.1, -0.05) is 6.07 Å². The molecule has 3 rings (SSSR count). The predicted octanol–water partition coefficient (Wildman–Crippen LogP) is 1.74. The van der Waals surface area contributed by atoms with Gasteiger partial charge >= 0.3 is 0 Å². The van der Waals surface area contributed by atoms with Gasteiger partial charge in [-0.25, -0.2) is 0 Å². The van der Waals surface area contributed by atoms with Gasteiger partial charge in [0.1, 0.15) is 0 Å². The van der Waals surface area contributed by atoms with E-state index in [2.05, 4.69) is 0 Å². The van der Waals surface area contributed by atoms with Crippen molar-refractivity contribution in [2.45, 2.75) is 17.9 Å². The molecule has 0 bridgehead atoms. The van der Waals surface area contributed by atoms with Crippen molar-refractivity contribution in [2.24, 2.45) is 5.92 Å². The molecule has 2 aromatic rings. The Balaban J connectivity index is 2.25. The highest BCUT2D eigenvalue weighted by molar-refractivity contribution is 5.55. The normalized spacial score (nSPS) is 23.3. The van der Waals surface area contributed by atoms with E-state index in [1.807, 2.05) is 24.3 Å². The van der Waals surface area contributed by atoms with E-state index >= 15 is 0 Å². The minimum Gasteiger partial charge on any atom is -0.493 e. The van der Waals surface area contributed by atoms with Crippen LogP contribution in [0, 0.1) is 5.92 Å². The molecule has 3 N–H and O–H groups in total. The first-order valence-corrected chi connectivity index (χ1v) is 9.37. The molecule has 7 heteroatoms. The SMILES string of the molecule is COc1ccc([C@H]2c3cc(OC)c(OC)cc3C[C@@](O)(CO)[C@H]2CO)cc1OC. The third-order valence-electron chi connectivity index (χ3n) is 5.81. The van der Waals surface area contributed by atoms with Crippen molar-refractivity contribution in [1.82, 2.24) is 0 Å². The molecule has 0 aliphatic heterocycles. The molecule has 2 aromatic carbocycles. The molecule has 7 nitrogen and oxygen atoms in total. The van der Waals surface area contributed by atoms with Crippen LogP contribution in [-0.2, 0) is 6.42 Å². The van der Waals surface area contributed by atoms with Gasteiger partial charge in [-0.2, -0.15) is 0 Å². The molecule has 0 aromatic heterocycles. The largest absolute Gasteiger partial charge is 0.493 e. The van der Waals surface area contributed by atoms with Gasteiger partial charge in [-0.05, 0) is 41.0 Å². The Morgan fingerprint density at radius 3 is 2.00 bits per heavy atom. The summed E-state index contributed by atoms with van der Waals surface area (Å²) in [7, 11) is 6.23. The van der Waals surface area contributed by atoms with Crippen LogP contribution in [-0.4, -0.2) is 62.6 Å². The minimum atomic E-state index is -1.49. The van der Waals surface area contributed by atoms with Gasteiger partial charge in [0.05, 0.1) is 40.6 Å². The summed E-state index contributed by atoms with van der Waals surface area (Å²) in [5.41, 5.74) is 1.05. The Bertz CT molecular complexity index is 866. The van der Waals surface area contributed by atoms with Gasteiger partial charge in [-0.3, -0.25) is 0 Å². The Morgan fingerprint density at radius 1 is 0.862 bits per heavy atom. The van der Waals surface area contributed by atoms with Crippen LogP contribution < -0.4 is 18.9 Å². The molecule has 29 heavy (non-hydrogen) atoms. The fourth-order valence-corrected chi connectivity index (χ4v) is 4.27. The van der Waals surface area contributed by atoms with Crippen LogP contribution in [0.5, 0.6) is 23.0 Å². The second-order valence-electron chi connectivity index (χ2n) is 7.23. The summed E-state index contributed by atoms with van der Waals surface area (Å²) in [5.74, 6) is 1.19. The maximum Gasteiger partial charge on any atom is 0.161 e. The number of rotatable bonds is 7. The second-order valence-corrected chi connectivity index (χ2v) is 7.23. The average molecular weight is 404 g/mol. The fourth-order valence-electron chi connectivity index (χ4n) is 4.27. The molecule has 158 valence electrons. The van der Waals surface area contributed by atoms with Crippen molar-refractivity contribution in [2.75, 3.05) is 41.7 Å². The lowest BCUT2D eigenvalue weighted by Gasteiger charge is -2.44. The van der Waals surface area contributed by atoms with E-state index in [0.29, 0.717) is 23.0 Å². The van der Waals surface area contributed by atoms with Crippen LogP contribution in [0.25, 0.3) is 0 Å². The number of hydrogen-bond acceptors (Lipinski definition) is 7.